The van der Waals surface area contributed by atoms with Crippen molar-refractivity contribution in [1.29, 1.82) is 0 Å². The van der Waals surface area contributed by atoms with E-state index in [4.69, 9.17) is 14.5 Å². The fourth-order valence-electron chi connectivity index (χ4n) is 3.55. The van der Waals surface area contributed by atoms with Gasteiger partial charge in [-0.2, -0.15) is 0 Å². The van der Waals surface area contributed by atoms with Crippen LogP contribution >= 0.6 is 11.8 Å². The van der Waals surface area contributed by atoms with Crippen LogP contribution in [0.2, 0.25) is 0 Å². The summed E-state index contributed by atoms with van der Waals surface area (Å²) in [7, 11) is 1.61. The van der Waals surface area contributed by atoms with Crippen LogP contribution in [0.5, 0.6) is 11.5 Å². The van der Waals surface area contributed by atoms with Crippen LogP contribution in [0.4, 0.5) is 11.4 Å². The van der Waals surface area contributed by atoms with E-state index >= 15 is 0 Å². The lowest BCUT2D eigenvalue weighted by atomic mass is 10.2. The van der Waals surface area contributed by atoms with Crippen molar-refractivity contribution in [1.82, 2.24) is 4.90 Å². The first-order valence-electron chi connectivity index (χ1n) is 11.3. The van der Waals surface area contributed by atoms with E-state index in [1.54, 1.807) is 36.3 Å². The summed E-state index contributed by atoms with van der Waals surface area (Å²) in [4.78, 5) is 32.6. The summed E-state index contributed by atoms with van der Waals surface area (Å²) in [6.45, 7) is 2.84. The second-order valence-corrected chi connectivity index (χ2v) is 8.99. The fraction of sp³-hybridized carbons (Fsp3) is 0.222. The molecule has 3 aromatic rings. The van der Waals surface area contributed by atoms with E-state index in [0.717, 1.165) is 22.7 Å². The third-order valence-electron chi connectivity index (χ3n) is 5.35. The van der Waals surface area contributed by atoms with Gasteiger partial charge < -0.3 is 14.8 Å². The van der Waals surface area contributed by atoms with E-state index in [9.17, 15) is 9.59 Å². The average molecular weight is 490 g/mol. The number of amides is 2. The van der Waals surface area contributed by atoms with Gasteiger partial charge in [0.15, 0.2) is 5.17 Å². The molecular weight excluding hydrogens is 462 g/mol. The molecule has 1 atom stereocenters. The van der Waals surface area contributed by atoms with Crippen molar-refractivity contribution in [3.63, 3.8) is 0 Å². The normalized spacial score (nSPS) is 16.7. The van der Waals surface area contributed by atoms with Crippen molar-refractivity contribution < 1.29 is 19.1 Å². The maximum atomic E-state index is 13.2. The topological polar surface area (TPSA) is 80.2 Å². The van der Waals surface area contributed by atoms with Gasteiger partial charge in [-0.15, -0.1) is 0 Å². The Kier molecular flexibility index (Phi) is 8.05. The summed E-state index contributed by atoms with van der Waals surface area (Å²) < 4.78 is 10.7. The number of carbonyl (C=O) groups is 2. The lowest BCUT2D eigenvalue weighted by molar-refractivity contribution is -0.129. The van der Waals surface area contributed by atoms with Crippen LogP contribution < -0.4 is 14.8 Å². The Balaban J connectivity index is 1.53. The van der Waals surface area contributed by atoms with Crippen LogP contribution in [0, 0.1) is 0 Å². The minimum Gasteiger partial charge on any atom is -0.497 e. The van der Waals surface area contributed by atoms with Crippen LogP contribution in [0.3, 0.4) is 0 Å². The lowest BCUT2D eigenvalue weighted by Gasteiger charge is -2.32. The van der Waals surface area contributed by atoms with Crippen LogP contribution in [0.15, 0.2) is 83.9 Å². The minimum absolute atomic E-state index is 0.0808. The second-order valence-electron chi connectivity index (χ2n) is 7.82. The highest BCUT2D eigenvalue weighted by Gasteiger charge is 2.36. The van der Waals surface area contributed by atoms with Crippen molar-refractivity contribution in [3.05, 3.63) is 84.4 Å². The van der Waals surface area contributed by atoms with Gasteiger partial charge in [0, 0.05) is 12.1 Å². The zero-order valence-corrected chi connectivity index (χ0v) is 20.5. The predicted molar refractivity (Wildman–Crippen MR) is 139 cm³/mol. The highest BCUT2D eigenvalue weighted by atomic mass is 32.2. The van der Waals surface area contributed by atoms with E-state index in [1.807, 2.05) is 61.5 Å². The van der Waals surface area contributed by atoms with Gasteiger partial charge in [0.25, 0.3) is 0 Å². The van der Waals surface area contributed by atoms with Crippen LogP contribution in [-0.2, 0) is 16.1 Å². The molecule has 1 saturated heterocycles. The first-order valence-corrected chi connectivity index (χ1v) is 12.2. The molecule has 180 valence electrons. The number of aliphatic imine (C=N–C) groups is 1. The highest BCUT2D eigenvalue weighted by Crippen LogP contribution is 2.31. The molecule has 0 aromatic heterocycles. The monoisotopic (exact) mass is 489 g/mol. The Hall–Kier alpha value is -3.78. The molecule has 1 N–H and O–H groups in total. The van der Waals surface area contributed by atoms with E-state index in [2.05, 4.69) is 5.32 Å². The van der Waals surface area contributed by atoms with Gasteiger partial charge >= 0.3 is 0 Å². The van der Waals surface area contributed by atoms with E-state index in [1.165, 1.54) is 11.8 Å². The largest absolute Gasteiger partial charge is 0.497 e. The summed E-state index contributed by atoms with van der Waals surface area (Å²) in [5, 5.41) is 2.81. The Morgan fingerprint density at radius 2 is 1.71 bits per heavy atom. The van der Waals surface area contributed by atoms with Gasteiger partial charge in [-0.1, -0.05) is 42.1 Å². The van der Waals surface area contributed by atoms with Gasteiger partial charge in [0.05, 0.1) is 25.9 Å². The highest BCUT2D eigenvalue weighted by molar-refractivity contribution is 8.15. The van der Waals surface area contributed by atoms with Crippen LogP contribution in [0.1, 0.15) is 18.9 Å². The molecule has 1 heterocycles. The molecule has 3 aromatic carbocycles. The number of anilines is 1. The molecule has 2 amide bonds. The SMILES string of the molecule is CCOc1ccc(NC(=O)[C@@H]2CC(=O)N(Cc3ccc(OC)cc3)C(=Nc3ccccc3)S2)cc1. The number of thioether (sulfide) groups is 1. The summed E-state index contributed by atoms with van der Waals surface area (Å²) in [5.74, 6) is 1.09. The quantitative estimate of drug-likeness (QED) is 0.467. The second kappa shape index (κ2) is 11.6. The number of hydrogen-bond acceptors (Lipinski definition) is 6. The molecule has 7 nitrogen and oxygen atoms in total. The molecule has 35 heavy (non-hydrogen) atoms. The summed E-state index contributed by atoms with van der Waals surface area (Å²) in [6.07, 6.45) is 0.0808. The number of amidine groups is 1. The zero-order chi connectivity index (χ0) is 24.6. The van der Waals surface area contributed by atoms with Gasteiger partial charge in [0.1, 0.15) is 16.7 Å². The first kappa shape index (κ1) is 24.3. The van der Waals surface area contributed by atoms with E-state index < -0.39 is 5.25 Å². The summed E-state index contributed by atoms with van der Waals surface area (Å²) in [5.41, 5.74) is 2.31. The smallest absolute Gasteiger partial charge is 0.238 e. The molecule has 1 aliphatic heterocycles. The molecule has 0 aliphatic carbocycles. The molecule has 0 radical (unpaired) electrons. The van der Waals surface area contributed by atoms with Crippen molar-refractivity contribution in [2.24, 2.45) is 4.99 Å². The average Bonchev–Trinajstić information content (AvgIpc) is 2.88. The number of para-hydroxylation sites is 1. The summed E-state index contributed by atoms with van der Waals surface area (Å²) >= 11 is 1.30. The lowest BCUT2D eigenvalue weighted by Crippen LogP contribution is -2.44. The number of nitrogens with zero attached hydrogens (tertiary/aromatic N) is 2. The van der Waals surface area contributed by atoms with Gasteiger partial charge in [-0.05, 0) is 61.0 Å². The number of ether oxygens (including phenoxy) is 2. The molecule has 1 fully saturated rings. The Bertz CT molecular complexity index is 1180. The molecule has 1 aliphatic rings. The van der Waals surface area contributed by atoms with E-state index in [-0.39, 0.29) is 18.2 Å². The number of carbonyl (C=O) groups excluding carboxylic acids is 2. The predicted octanol–water partition coefficient (Wildman–Crippen LogP) is 5.25. The summed E-state index contributed by atoms with van der Waals surface area (Å²) in [6, 6.07) is 24.1. The maximum Gasteiger partial charge on any atom is 0.238 e. The van der Waals surface area contributed by atoms with Gasteiger partial charge in [-0.3, -0.25) is 14.5 Å². The number of methoxy groups -OCH3 is 1. The molecule has 4 rings (SSSR count). The standard InChI is InChI=1S/C27H27N3O4S/c1-3-34-23-15-11-21(12-16-23)28-26(32)24-17-25(31)30(18-19-9-13-22(33-2)14-10-19)27(35-24)29-20-7-5-4-6-8-20/h4-16,24H,3,17-18H2,1-2H3,(H,28,32)/t24-/m0/s1. The van der Waals surface area contributed by atoms with Gasteiger partial charge in [-0.25, -0.2) is 4.99 Å². The van der Waals surface area contributed by atoms with Crippen LogP contribution in [0.25, 0.3) is 0 Å². The molecule has 0 saturated carbocycles. The Labute approximate surface area is 209 Å². The molecule has 0 bridgehead atoms. The van der Waals surface area contributed by atoms with E-state index in [0.29, 0.717) is 24.0 Å². The Morgan fingerprint density at radius 1 is 1.03 bits per heavy atom. The number of benzene rings is 3. The zero-order valence-electron chi connectivity index (χ0n) is 19.6. The molecule has 0 spiro atoms. The molecule has 0 unspecified atom stereocenters. The van der Waals surface area contributed by atoms with Crippen LogP contribution in [-0.4, -0.2) is 40.8 Å². The van der Waals surface area contributed by atoms with Crippen molar-refractivity contribution in [2.45, 2.75) is 25.1 Å². The number of nitrogens with one attached hydrogen (secondary N) is 1. The molecular formula is C27H27N3O4S. The maximum absolute atomic E-state index is 13.2. The Morgan fingerprint density at radius 3 is 2.37 bits per heavy atom. The first-order chi connectivity index (χ1) is 17.1. The minimum atomic E-state index is -0.594. The third-order valence-corrected chi connectivity index (χ3v) is 6.53. The number of hydrogen-bond donors (Lipinski definition) is 1. The van der Waals surface area contributed by atoms with Crippen molar-refractivity contribution in [3.8, 4) is 11.5 Å². The third kappa shape index (κ3) is 6.42. The molecule has 8 heteroatoms. The fourth-order valence-corrected chi connectivity index (χ4v) is 4.65. The van der Waals surface area contributed by atoms with Crippen molar-refractivity contribution >= 4 is 40.1 Å². The van der Waals surface area contributed by atoms with Gasteiger partial charge in [0.2, 0.25) is 11.8 Å². The van der Waals surface area contributed by atoms with Crippen molar-refractivity contribution in [2.75, 3.05) is 19.0 Å². The number of rotatable bonds is 8.